The zero-order chi connectivity index (χ0) is 13.8. The van der Waals surface area contributed by atoms with E-state index in [0.29, 0.717) is 0 Å². The molecule has 1 atom stereocenters. The van der Waals surface area contributed by atoms with Crippen LogP contribution in [0.4, 0.5) is 8.78 Å². The second-order valence-electron chi connectivity index (χ2n) is 4.73. The van der Waals surface area contributed by atoms with Gasteiger partial charge in [-0.1, -0.05) is 6.42 Å². The Kier molecular flexibility index (Phi) is 8.77. The quantitative estimate of drug-likeness (QED) is 0.911. The fourth-order valence-electron chi connectivity index (χ4n) is 2.26. The van der Waals surface area contributed by atoms with Gasteiger partial charge in [-0.3, -0.25) is 9.36 Å². The van der Waals surface area contributed by atoms with E-state index in [1.807, 2.05) is 0 Å². The van der Waals surface area contributed by atoms with Crippen LogP contribution in [0.25, 0.3) is 0 Å². The lowest BCUT2D eigenvalue weighted by atomic mass is 10.0. The molecule has 0 radical (unpaired) electrons. The maximum absolute atomic E-state index is 12.7. The van der Waals surface area contributed by atoms with E-state index in [4.69, 9.17) is 0 Å². The van der Waals surface area contributed by atoms with Crippen LogP contribution in [0.15, 0.2) is 12.4 Å². The van der Waals surface area contributed by atoms with Crippen LogP contribution in [-0.2, 0) is 11.3 Å². The highest BCUT2D eigenvalue weighted by Crippen LogP contribution is 2.15. The molecule has 1 aromatic rings. The van der Waals surface area contributed by atoms with Crippen molar-refractivity contribution >= 4 is 30.7 Å². The van der Waals surface area contributed by atoms with Crippen molar-refractivity contribution in [3.05, 3.63) is 18.2 Å². The smallest absolute Gasteiger partial charge is 0.319 e. The Morgan fingerprint density at radius 1 is 1.52 bits per heavy atom. The second-order valence-corrected chi connectivity index (χ2v) is 4.73. The first-order chi connectivity index (χ1) is 9.09. The summed E-state index contributed by atoms with van der Waals surface area (Å²) in [6.07, 6.45) is 5.43. The number of likely N-dealkylation sites (N-methyl/N-ethyl adjacent to an activating group) is 1. The van der Waals surface area contributed by atoms with Crippen LogP contribution >= 0.6 is 24.8 Å². The van der Waals surface area contributed by atoms with Crippen molar-refractivity contribution in [3.63, 3.8) is 0 Å². The average Bonchev–Trinajstić information content (AvgIpc) is 2.87. The zero-order valence-electron chi connectivity index (χ0n) is 11.7. The van der Waals surface area contributed by atoms with E-state index >= 15 is 0 Å². The van der Waals surface area contributed by atoms with E-state index in [1.165, 1.54) is 17.3 Å². The van der Waals surface area contributed by atoms with Crippen molar-refractivity contribution in [1.29, 1.82) is 0 Å². The molecule has 0 aliphatic carbocycles. The maximum Gasteiger partial charge on any atom is 0.319 e. The zero-order valence-corrected chi connectivity index (χ0v) is 13.3. The summed E-state index contributed by atoms with van der Waals surface area (Å²) in [5.41, 5.74) is 0. The fourth-order valence-corrected chi connectivity index (χ4v) is 2.26. The molecule has 1 aliphatic heterocycles. The molecule has 122 valence electrons. The Bertz CT molecular complexity index is 439. The molecule has 2 rings (SSSR count). The van der Waals surface area contributed by atoms with Crippen molar-refractivity contribution in [3.8, 4) is 0 Å². The molecule has 1 fully saturated rings. The standard InChI is InChI=1S/C12H18F2N4O.2ClH/c1-17(11(19)9-4-2-3-5-15-9)8-10-16-6-7-18(10)12(13)14;;/h6-7,9,12,15H,2-5,8H2,1H3;2*1H/t9-;;/m1../s1. The van der Waals surface area contributed by atoms with E-state index in [-0.39, 0.29) is 49.1 Å². The summed E-state index contributed by atoms with van der Waals surface area (Å²) in [5.74, 6) is 0.130. The second kappa shape index (κ2) is 9.17. The van der Waals surface area contributed by atoms with Gasteiger partial charge in [-0.2, -0.15) is 8.78 Å². The summed E-state index contributed by atoms with van der Waals surface area (Å²) in [5, 5.41) is 3.15. The fraction of sp³-hybridized carbons (Fsp3) is 0.667. The predicted molar refractivity (Wildman–Crippen MR) is 80.1 cm³/mol. The molecule has 0 unspecified atom stereocenters. The van der Waals surface area contributed by atoms with Gasteiger partial charge in [0.25, 0.3) is 0 Å². The molecule has 1 amide bonds. The van der Waals surface area contributed by atoms with Crippen molar-refractivity contribution in [2.24, 2.45) is 0 Å². The molecule has 0 bridgehead atoms. The lowest BCUT2D eigenvalue weighted by Gasteiger charge is -2.27. The molecular weight excluding hydrogens is 325 g/mol. The number of carbonyl (C=O) groups excluding carboxylic acids is 1. The minimum atomic E-state index is -2.63. The minimum absolute atomic E-state index is 0. The van der Waals surface area contributed by atoms with Crippen molar-refractivity contribution in [2.45, 2.75) is 38.4 Å². The number of alkyl halides is 2. The summed E-state index contributed by atoms with van der Waals surface area (Å²) in [6, 6.07) is -0.200. The third-order valence-corrected chi connectivity index (χ3v) is 3.32. The molecule has 0 saturated carbocycles. The normalized spacial score (nSPS) is 17.8. The van der Waals surface area contributed by atoms with Crippen LogP contribution in [-0.4, -0.2) is 40.0 Å². The molecular formula is C12H20Cl2F2N4O. The van der Waals surface area contributed by atoms with Gasteiger partial charge in [-0.25, -0.2) is 4.98 Å². The summed E-state index contributed by atoms with van der Waals surface area (Å²) in [7, 11) is 1.61. The van der Waals surface area contributed by atoms with Gasteiger partial charge in [-0.15, -0.1) is 24.8 Å². The Morgan fingerprint density at radius 3 is 2.81 bits per heavy atom. The first kappa shape index (κ1) is 20.1. The van der Waals surface area contributed by atoms with Gasteiger partial charge in [0.05, 0.1) is 12.6 Å². The largest absolute Gasteiger partial charge is 0.337 e. The van der Waals surface area contributed by atoms with E-state index in [1.54, 1.807) is 7.05 Å². The van der Waals surface area contributed by atoms with Gasteiger partial charge in [0.1, 0.15) is 5.82 Å². The van der Waals surface area contributed by atoms with Crippen LogP contribution in [0.5, 0.6) is 0 Å². The van der Waals surface area contributed by atoms with E-state index < -0.39 is 6.55 Å². The topological polar surface area (TPSA) is 50.2 Å². The summed E-state index contributed by atoms with van der Waals surface area (Å²) in [4.78, 5) is 17.5. The van der Waals surface area contributed by atoms with Crippen molar-refractivity contribution in [1.82, 2.24) is 19.8 Å². The predicted octanol–water partition coefficient (Wildman–Crippen LogP) is 2.22. The van der Waals surface area contributed by atoms with Crippen LogP contribution < -0.4 is 5.32 Å². The molecule has 1 saturated heterocycles. The van der Waals surface area contributed by atoms with E-state index in [0.717, 1.165) is 30.4 Å². The van der Waals surface area contributed by atoms with E-state index in [9.17, 15) is 13.6 Å². The summed E-state index contributed by atoms with van der Waals surface area (Å²) >= 11 is 0. The molecule has 21 heavy (non-hydrogen) atoms. The number of piperidine rings is 1. The molecule has 9 heteroatoms. The lowest BCUT2D eigenvalue weighted by molar-refractivity contribution is -0.133. The SMILES string of the molecule is CN(Cc1nccn1C(F)F)C(=O)[C@H]1CCCCN1.Cl.Cl. The van der Waals surface area contributed by atoms with Crippen molar-refractivity contribution in [2.75, 3.05) is 13.6 Å². The van der Waals surface area contributed by atoms with Crippen LogP contribution in [0.1, 0.15) is 31.6 Å². The van der Waals surface area contributed by atoms with Crippen molar-refractivity contribution < 1.29 is 13.6 Å². The minimum Gasteiger partial charge on any atom is -0.337 e. The molecule has 1 aromatic heterocycles. The first-order valence-corrected chi connectivity index (χ1v) is 6.38. The number of hydrogen-bond acceptors (Lipinski definition) is 3. The molecule has 1 aliphatic rings. The van der Waals surface area contributed by atoms with Gasteiger partial charge in [-0.05, 0) is 19.4 Å². The number of halogens is 4. The third kappa shape index (κ3) is 5.09. The van der Waals surface area contributed by atoms with Gasteiger partial charge in [0, 0.05) is 19.4 Å². The number of amides is 1. The number of hydrogen-bond donors (Lipinski definition) is 1. The number of imidazole rings is 1. The van der Waals surface area contributed by atoms with E-state index in [2.05, 4.69) is 10.3 Å². The van der Waals surface area contributed by atoms with Crippen LogP contribution in [0.2, 0.25) is 0 Å². The van der Waals surface area contributed by atoms with Crippen LogP contribution in [0.3, 0.4) is 0 Å². The number of nitrogens with zero attached hydrogens (tertiary/aromatic N) is 3. The summed E-state index contributed by atoms with van der Waals surface area (Å²) in [6.45, 7) is -1.71. The highest BCUT2D eigenvalue weighted by molar-refractivity contribution is 5.85. The van der Waals surface area contributed by atoms with Gasteiger partial charge >= 0.3 is 6.55 Å². The highest BCUT2D eigenvalue weighted by Gasteiger charge is 2.24. The monoisotopic (exact) mass is 344 g/mol. The first-order valence-electron chi connectivity index (χ1n) is 6.38. The molecule has 2 heterocycles. The number of nitrogens with one attached hydrogen (secondary N) is 1. The molecule has 0 aromatic carbocycles. The van der Waals surface area contributed by atoms with Gasteiger partial charge in [0.15, 0.2) is 0 Å². The molecule has 0 spiro atoms. The molecule has 1 N–H and O–H groups in total. The lowest BCUT2D eigenvalue weighted by Crippen LogP contribution is -2.47. The van der Waals surface area contributed by atoms with Crippen LogP contribution in [0, 0.1) is 0 Å². The molecule has 5 nitrogen and oxygen atoms in total. The number of carbonyl (C=O) groups is 1. The third-order valence-electron chi connectivity index (χ3n) is 3.32. The Balaban J connectivity index is 0.00000200. The highest BCUT2D eigenvalue weighted by atomic mass is 35.5. The maximum atomic E-state index is 12.7. The Morgan fingerprint density at radius 2 is 2.24 bits per heavy atom. The number of aromatic nitrogens is 2. The van der Waals surface area contributed by atoms with Gasteiger partial charge < -0.3 is 10.2 Å². The van der Waals surface area contributed by atoms with Gasteiger partial charge in [0.2, 0.25) is 5.91 Å². The number of rotatable bonds is 4. The average molecular weight is 345 g/mol. The Hall–Kier alpha value is -0.920. The summed E-state index contributed by atoms with van der Waals surface area (Å²) < 4.78 is 26.1. The Labute approximate surface area is 134 Å².